The van der Waals surface area contributed by atoms with Gasteiger partial charge in [-0.3, -0.25) is 4.79 Å². The molecule has 1 saturated carbocycles. The van der Waals surface area contributed by atoms with Gasteiger partial charge in [0.05, 0.1) is 0 Å². The van der Waals surface area contributed by atoms with Gasteiger partial charge in [0.1, 0.15) is 5.01 Å². The number of anilines is 1. The fourth-order valence-corrected chi connectivity index (χ4v) is 4.11. The zero-order valence-corrected chi connectivity index (χ0v) is 14.0. The van der Waals surface area contributed by atoms with Crippen LogP contribution in [0.2, 0.25) is 0 Å². The second-order valence-electron chi connectivity index (χ2n) is 6.05. The van der Waals surface area contributed by atoms with Crippen molar-refractivity contribution in [2.75, 3.05) is 5.32 Å². The normalized spacial score (nSPS) is 16.3. The molecule has 4 nitrogen and oxygen atoms in total. The summed E-state index contributed by atoms with van der Waals surface area (Å²) in [6.45, 7) is 4.33. The molecule has 1 aliphatic rings. The van der Waals surface area contributed by atoms with E-state index in [0.29, 0.717) is 17.5 Å². The maximum Gasteiger partial charge on any atom is 0.226 e. The summed E-state index contributed by atoms with van der Waals surface area (Å²) in [5.41, 5.74) is 0. The number of carbonyl (C=O) groups excluding carboxylic acids is 1. The molecule has 0 radical (unpaired) electrons. The predicted octanol–water partition coefficient (Wildman–Crippen LogP) is 4.74. The van der Waals surface area contributed by atoms with Crippen LogP contribution in [0.1, 0.15) is 82.6 Å². The molecular formula is C16H27N3OS. The Balaban J connectivity index is 1.77. The highest BCUT2D eigenvalue weighted by molar-refractivity contribution is 7.15. The van der Waals surface area contributed by atoms with Crippen molar-refractivity contribution >= 4 is 22.4 Å². The lowest BCUT2D eigenvalue weighted by atomic mass is 9.86. The van der Waals surface area contributed by atoms with E-state index in [4.69, 9.17) is 0 Å². The van der Waals surface area contributed by atoms with Crippen molar-refractivity contribution in [3.05, 3.63) is 5.01 Å². The van der Waals surface area contributed by atoms with Gasteiger partial charge >= 0.3 is 0 Å². The van der Waals surface area contributed by atoms with Crippen molar-refractivity contribution < 1.29 is 4.79 Å². The van der Waals surface area contributed by atoms with E-state index >= 15 is 0 Å². The molecule has 0 saturated heterocycles. The van der Waals surface area contributed by atoms with Crippen LogP contribution < -0.4 is 5.32 Å². The first-order valence-corrected chi connectivity index (χ1v) is 9.17. The number of hydrogen-bond acceptors (Lipinski definition) is 4. The largest absolute Gasteiger partial charge is 0.301 e. The summed E-state index contributed by atoms with van der Waals surface area (Å²) < 4.78 is 0. The second-order valence-corrected chi connectivity index (χ2v) is 7.06. The molecule has 1 aliphatic carbocycles. The average Bonchev–Trinajstić information content (AvgIpc) is 2.96. The van der Waals surface area contributed by atoms with Crippen LogP contribution in [0.5, 0.6) is 0 Å². The molecule has 0 spiro atoms. The molecule has 0 unspecified atom stereocenters. The third-order valence-corrected chi connectivity index (χ3v) is 5.53. The summed E-state index contributed by atoms with van der Waals surface area (Å²) in [4.78, 5) is 12.0. The monoisotopic (exact) mass is 309 g/mol. The van der Waals surface area contributed by atoms with E-state index < -0.39 is 0 Å². The number of amides is 1. The third-order valence-electron chi connectivity index (χ3n) is 4.53. The smallest absolute Gasteiger partial charge is 0.226 e. The van der Waals surface area contributed by atoms with Gasteiger partial charge in [-0.05, 0) is 25.2 Å². The Kier molecular flexibility index (Phi) is 6.61. The second kappa shape index (κ2) is 8.47. The minimum Gasteiger partial charge on any atom is -0.301 e. The minimum atomic E-state index is 0.0906. The highest BCUT2D eigenvalue weighted by atomic mass is 32.1. The van der Waals surface area contributed by atoms with E-state index in [1.807, 2.05) is 0 Å². The lowest BCUT2D eigenvalue weighted by Crippen LogP contribution is -2.14. The Morgan fingerprint density at radius 1 is 1.24 bits per heavy atom. The number of carbonyl (C=O) groups is 1. The van der Waals surface area contributed by atoms with Gasteiger partial charge in [0.2, 0.25) is 11.0 Å². The number of hydrogen-bond donors (Lipinski definition) is 1. The van der Waals surface area contributed by atoms with Crippen LogP contribution in [0.25, 0.3) is 0 Å². The molecule has 1 amide bonds. The van der Waals surface area contributed by atoms with Crippen LogP contribution in [0.4, 0.5) is 5.13 Å². The van der Waals surface area contributed by atoms with Crippen LogP contribution in [0, 0.1) is 5.92 Å². The predicted molar refractivity (Wildman–Crippen MR) is 87.7 cm³/mol. The lowest BCUT2D eigenvalue weighted by molar-refractivity contribution is -0.116. The molecule has 118 valence electrons. The summed E-state index contributed by atoms with van der Waals surface area (Å²) in [6, 6.07) is 0. The first-order chi connectivity index (χ1) is 10.2. The van der Waals surface area contributed by atoms with Crippen LogP contribution in [0.3, 0.4) is 0 Å². The maximum absolute atomic E-state index is 12.0. The molecule has 21 heavy (non-hydrogen) atoms. The molecule has 1 N–H and O–H groups in total. The zero-order valence-electron chi connectivity index (χ0n) is 13.2. The Morgan fingerprint density at radius 2 is 1.95 bits per heavy atom. The molecule has 1 heterocycles. The van der Waals surface area contributed by atoms with Crippen molar-refractivity contribution in [3.8, 4) is 0 Å². The first-order valence-electron chi connectivity index (χ1n) is 8.36. The minimum absolute atomic E-state index is 0.0906. The average molecular weight is 309 g/mol. The van der Waals surface area contributed by atoms with Gasteiger partial charge in [0.25, 0.3) is 0 Å². The van der Waals surface area contributed by atoms with Crippen LogP contribution in [0.15, 0.2) is 0 Å². The van der Waals surface area contributed by atoms with Crippen LogP contribution >= 0.6 is 11.3 Å². The van der Waals surface area contributed by atoms with Gasteiger partial charge in [0, 0.05) is 12.3 Å². The zero-order chi connectivity index (χ0) is 15.1. The van der Waals surface area contributed by atoms with E-state index in [0.717, 1.165) is 30.2 Å². The summed E-state index contributed by atoms with van der Waals surface area (Å²) >= 11 is 1.53. The topological polar surface area (TPSA) is 54.9 Å². The summed E-state index contributed by atoms with van der Waals surface area (Å²) in [6.07, 6.45) is 10.4. The molecule has 2 rings (SSSR count). The van der Waals surface area contributed by atoms with Crippen LogP contribution in [-0.2, 0) is 4.79 Å². The van der Waals surface area contributed by atoms with Crippen molar-refractivity contribution in [2.45, 2.75) is 77.6 Å². The quantitative estimate of drug-likeness (QED) is 0.791. The van der Waals surface area contributed by atoms with E-state index in [1.165, 1.54) is 43.4 Å². The van der Waals surface area contributed by atoms with Gasteiger partial charge in [-0.25, -0.2) is 0 Å². The SMILES string of the molecule is CCC(CC)c1nnc(NC(=O)CCC2CCCCC2)s1. The Morgan fingerprint density at radius 3 is 2.62 bits per heavy atom. The van der Waals surface area contributed by atoms with Crippen molar-refractivity contribution in [1.29, 1.82) is 0 Å². The molecule has 1 aromatic rings. The number of rotatable bonds is 7. The number of nitrogens with zero attached hydrogens (tertiary/aromatic N) is 2. The molecule has 0 bridgehead atoms. The lowest BCUT2D eigenvalue weighted by Gasteiger charge is -2.20. The Bertz CT molecular complexity index is 436. The molecular weight excluding hydrogens is 282 g/mol. The van der Waals surface area contributed by atoms with E-state index in [1.54, 1.807) is 0 Å². The fourth-order valence-electron chi connectivity index (χ4n) is 3.08. The van der Waals surface area contributed by atoms with Gasteiger partial charge in [-0.2, -0.15) is 0 Å². The van der Waals surface area contributed by atoms with E-state index in [2.05, 4.69) is 29.4 Å². The van der Waals surface area contributed by atoms with Crippen LogP contribution in [-0.4, -0.2) is 16.1 Å². The molecule has 1 fully saturated rings. The molecule has 0 aliphatic heterocycles. The van der Waals surface area contributed by atoms with Crippen molar-refractivity contribution in [1.82, 2.24) is 10.2 Å². The van der Waals surface area contributed by atoms with Gasteiger partial charge in [0.15, 0.2) is 0 Å². The van der Waals surface area contributed by atoms with Crippen molar-refractivity contribution in [3.63, 3.8) is 0 Å². The molecule has 0 atom stereocenters. The summed E-state index contributed by atoms with van der Waals surface area (Å²) in [5, 5.41) is 12.9. The third kappa shape index (κ3) is 5.06. The van der Waals surface area contributed by atoms with Crippen molar-refractivity contribution in [2.24, 2.45) is 5.92 Å². The van der Waals surface area contributed by atoms with Gasteiger partial charge in [-0.1, -0.05) is 57.3 Å². The molecule has 0 aromatic carbocycles. The summed E-state index contributed by atoms with van der Waals surface area (Å²) in [7, 11) is 0. The van der Waals surface area contributed by atoms with E-state index in [9.17, 15) is 4.79 Å². The van der Waals surface area contributed by atoms with Gasteiger partial charge < -0.3 is 5.32 Å². The Hall–Kier alpha value is -0.970. The number of nitrogens with one attached hydrogen (secondary N) is 1. The Labute approximate surface area is 131 Å². The van der Waals surface area contributed by atoms with E-state index in [-0.39, 0.29) is 5.91 Å². The first kappa shape index (κ1) is 16.4. The highest BCUT2D eigenvalue weighted by Gasteiger charge is 2.17. The van der Waals surface area contributed by atoms with Gasteiger partial charge in [-0.15, -0.1) is 10.2 Å². The highest BCUT2D eigenvalue weighted by Crippen LogP contribution is 2.29. The standard InChI is InChI=1S/C16H27N3OS/c1-3-13(4-2)15-18-19-16(21-15)17-14(20)11-10-12-8-6-5-7-9-12/h12-13H,3-11H2,1-2H3,(H,17,19,20). The molecule has 1 aromatic heterocycles. The summed E-state index contributed by atoms with van der Waals surface area (Å²) in [5.74, 6) is 1.31. The fraction of sp³-hybridized carbons (Fsp3) is 0.812. The molecule has 5 heteroatoms. The number of aromatic nitrogens is 2. The maximum atomic E-state index is 12.0.